The van der Waals surface area contributed by atoms with Crippen LogP contribution in [0.5, 0.6) is 0 Å². The molecule has 3 fully saturated rings. The minimum Gasteiger partial charge on any atom is -0.477 e. The van der Waals surface area contributed by atoms with Crippen molar-refractivity contribution in [1.29, 1.82) is 0 Å². The molecule has 0 spiro atoms. The monoisotopic (exact) mass is 1190 g/mol. The molecule has 2 amide bonds. The quantitative estimate of drug-likeness (QED) is 0.0306. The second-order valence-electron chi connectivity index (χ2n) is 23.3. The Labute approximate surface area is 492 Å². The maximum absolute atomic E-state index is 13.4. The Kier molecular flexibility index (Phi) is 38.1. The van der Waals surface area contributed by atoms with E-state index in [-0.39, 0.29) is 12.3 Å². The second kappa shape index (κ2) is 42.4. The first kappa shape index (κ1) is 74.7. The minimum atomic E-state index is -3.08. The number of nitrogens with one attached hydrogen (secondary N) is 2. The molecule has 18 unspecified atom stereocenters. The minimum absolute atomic E-state index is 0.204. The average Bonchev–Trinajstić information content (AvgIpc) is 2.23. The number of aliphatic hydroxyl groups excluding tert-OH is 11. The van der Waals surface area contributed by atoms with Gasteiger partial charge >= 0.3 is 5.97 Å². The highest BCUT2D eigenvalue weighted by Crippen LogP contribution is 2.38. The van der Waals surface area contributed by atoms with Crippen molar-refractivity contribution in [3.8, 4) is 0 Å². The summed E-state index contributed by atoms with van der Waals surface area (Å²) in [6.07, 6.45) is 6.98. The summed E-state index contributed by atoms with van der Waals surface area (Å²) in [5.74, 6) is -6.14. The van der Waals surface area contributed by atoms with Gasteiger partial charge in [0.25, 0.3) is 5.79 Å². The van der Waals surface area contributed by atoms with Gasteiger partial charge in [0, 0.05) is 19.8 Å². The van der Waals surface area contributed by atoms with Crippen molar-refractivity contribution in [2.75, 3.05) is 26.4 Å². The molecule has 3 aliphatic heterocycles. The summed E-state index contributed by atoms with van der Waals surface area (Å²) in [6, 6.07) is -2.61. The van der Waals surface area contributed by atoms with Crippen LogP contribution in [0.4, 0.5) is 0 Å². The van der Waals surface area contributed by atoms with E-state index in [1.165, 1.54) is 122 Å². The molecule has 3 saturated heterocycles. The maximum Gasteiger partial charge on any atom is 0.364 e. The van der Waals surface area contributed by atoms with Crippen molar-refractivity contribution in [1.82, 2.24) is 10.6 Å². The third kappa shape index (κ3) is 26.4. The van der Waals surface area contributed by atoms with Crippen molar-refractivity contribution < 1.29 is 104 Å². The van der Waals surface area contributed by atoms with Crippen LogP contribution >= 0.6 is 0 Å². The number of hydrogen-bond donors (Lipinski definition) is 14. The number of aliphatic hydroxyl groups is 11. The fourth-order valence-electron chi connectivity index (χ4n) is 11.1. The van der Waals surface area contributed by atoms with Gasteiger partial charge in [0.2, 0.25) is 11.8 Å². The number of ether oxygens (including phenoxy) is 6. The van der Waals surface area contributed by atoms with E-state index in [4.69, 9.17) is 28.4 Å². The van der Waals surface area contributed by atoms with E-state index in [1.807, 2.05) is 6.08 Å². The summed E-state index contributed by atoms with van der Waals surface area (Å²) in [7, 11) is 0. The number of amides is 2. The number of carboxylic acid groups (broad SMARTS) is 1. The molecule has 0 bridgehead atoms. The Bertz CT molecular complexity index is 1750. The smallest absolute Gasteiger partial charge is 0.364 e. The first-order valence-corrected chi connectivity index (χ1v) is 31.6. The Morgan fingerprint density at radius 2 is 1.12 bits per heavy atom. The molecule has 0 radical (unpaired) electrons. The molecule has 14 N–H and O–H groups in total. The number of aliphatic carboxylic acids is 1. The summed E-state index contributed by atoms with van der Waals surface area (Å²) in [5.41, 5.74) is 0. The van der Waals surface area contributed by atoms with Gasteiger partial charge in [-0.25, -0.2) is 4.79 Å². The Morgan fingerprint density at radius 3 is 1.60 bits per heavy atom. The van der Waals surface area contributed by atoms with Crippen LogP contribution in [0.25, 0.3) is 0 Å². The molecule has 83 heavy (non-hydrogen) atoms. The molecule has 0 aliphatic carbocycles. The Hall–Kier alpha value is -2.53. The van der Waals surface area contributed by atoms with E-state index in [9.17, 15) is 75.7 Å². The summed E-state index contributed by atoms with van der Waals surface area (Å²) in [5, 5.41) is 135. The zero-order valence-electron chi connectivity index (χ0n) is 50.1. The highest BCUT2D eigenvalue weighted by Gasteiger charge is 2.60. The molecular weight excluding hydrogens is 1080 g/mol. The number of carbonyl (C=O) groups excluding carboxylic acids is 2. The van der Waals surface area contributed by atoms with Crippen LogP contribution in [0.1, 0.15) is 213 Å². The molecule has 3 heterocycles. The highest BCUT2D eigenvalue weighted by atomic mass is 16.8. The molecule has 0 saturated carbocycles. The van der Waals surface area contributed by atoms with Gasteiger partial charge in [-0.15, -0.1) is 0 Å². The zero-order chi connectivity index (χ0) is 61.2. The van der Waals surface area contributed by atoms with E-state index in [0.717, 1.165) is 51.9 Å². The lowest BCUT2D eigenvalue weighted by Gasteiger charge is -2.50. The molecule has 18 atom stereocenters. The molecule has 0 aromatic rings. The molecule has 3 rings (SSSR count). The number of unbranched alkanes of at least 4 members (excludes halogenated alkanes) is 26. The third-order valence-corrected chi connectivity index (χ3v) is 16.2. The van der Waals surface area contributed by atoms with E-state index in [1.54, 1.807) is 6.08 Å². The standard InChI is InChI=1S/C60H110N2O21/c1-4-6-8-10-12-14-16-18-20-22-24-26-28-30-32-34-47(70)62-41(42(67)33-31-29-27-25-23-21-19-17-15-13-11-9-7-5-2)39-78-57-52(74)51(73)54(46(38-65)80-57)81-58-53(75)56(50(72)45(37-64)79-58)83-60(59(76)77)35-43(68)48(61-40(3)66)55(82-60)49(71)44(69)36-63/h31,33,41-46,48-58,63-65,67-69,71-75H,4-30,32,34-39H2,1-3H3,(H,61,66)(H,62,70)(H,76,77)/b33-31+. The number of hydrogen-bond acceptors (Lipinski definition) is 20. The molecule has 23 nitrogen and oxygen atoms in total. The molecule has 3 aliphatic rings. The van der Waals surface area contributed by atoms with Gasteiger partial charge in [-0.2, -0.15) is 0 Å². The van der Waals surface area contributed by atoms with Gasteiger partial charge in [0.15, 0.2) is 12.6 Å². The lowest BCUT2D eigenvalue weighted by atomic mass is 9.88. The molecular formula is C60H110N2O21. The second-order valence-corrected chi connectivity index (χ2v) is 23.3. The zero-order valence-corrected chi connectivity index (χ0v) is 50.1. The van der Waals surface area contributed by atoms with Crippen LogP contribution in [-0.2, 0) is 42.8 Å². The van der Waals surface area contributed by atoms with Crippen LogP contribution < -0.4 is 10.6 Å². The lowest BCUT2D eigenvalue weighted by Crippen LogP contribution is -2.70. The lowest BCUT2D eigenvalue weighted by molar-refractivity contribution is -0.386. The van der Waals surface area contributed by atoms with Gasteiger partial charge in [-0.1, -0.05) is 187 Å². The topological polar surface area (TPSA) is 373 Å². The SMILES string of the molecule is CCCCCCCCCCCCCC/C=C/C(O)C(COC1OC(CO)C(OC2OC(CO)C(O)C(OC3(C(=O)O)CC(O)C(NC(C)=O)C(C(O)C(O)CO)O3)C2O)C(O)C1O)NC(=O)CCCCCCCCCCCCCCCCC. The summed E-state index contributed by atoms with van der Waals surface area (Å²) in [4.78, 5) is 38.4. The van der Waals surface area contributed by atoms with Crippen molar-refractivity contribution in [2.45, 2.75) is 323 Å². The van der Waals surface area contributed by atoms with Crippen LogP contribution in [0.3, 0.4) is 0 Å². The highest BCUT2D eigenvalue weighted by molar-refractivity contribution is 5.77. The van der Waals surface area contributed by atoms with Gasteiger partial charge in [-0.05, 0) is 19.3 Å². The number of allylic oxidation sites excluding steroid dienone is 1. The van der Waals surface area contributed by atoms with E-state index in [2.05, 4.69) is 24.5 Å². The third-order valence-electron chi connectivity index (χ3n) is 16.2. The first-order chi connectivity index (χ1) is 39.9. The molecule has 486 valence electrons. The predicted octanol–water partition coefficient (Wildman–Crippen LogP) is 3.56. The van der Waals surface area contributed by atoms with Crippen LogP contribution in [0, 0.1) is 0 Å². The van der Waals surface area contributed by atoms with Crippen molar-refractivity contribution in [2.24, 2.45) is 0 Å². The van der Waals surface area contributed by atoms with Crippen LogP contribution in [-0.4, -0.2) is 215 Å². The van der Waals surface area contributed by atoms with Crippen molar-refractivity contribution in [3.63, 3.8) is 0 Å². The summed E-state index contributed by atoms with van der Waals surface area (Å²) < 4.78 is 34.7. The van der Waals surface area contributed by atoms with E-state index < -0.39 is 155 Å². The van der Waals surface area contributed by atoms with Crippen molar-refractivity contribution in [3.05, 3.63) is 12.2 Å². The van der Waals surface area contributed by atoms with Gasteiger partial charge < -0.3 is 100 Å². The summed E-state index contributed by atoms with van der Waals surface area (Å²) in [6.45, 7) is 2.11. The van der Waals surface area contributed by atoms with Crippen molar-refractivity contribution >= 4 is 17.8 Å². The van der Waals surface area contributed by atoms with E-state index in [0.29, 0.717) is 12.8 Å². The van der Waals surface area contributed by atoms with Crippen LogP contribution in [0.2, 0.25) is 0 Å². The molecule has 23 heteroatoms. The normalized spacial score (nSPS) is 30.0. The van der Waals surface area contributed by atoms with Gasteiger partial charge in [0.05, 0.1) is 50.7 Å². The Balaban J connectivity index is 1.66. The van der Waals surface area contributed by atoms with E-state index >= 15 is 0 Å². The Morgan fingerprint density at radius 1 is 0.627 bits per heavy atom. The van der Waals surface area contributed by atoms with Crippen LogP contribution in [0.15, 0.2) is 12.2 Å². The summed E-state index contributed by atoms with van der Waals surface area (Å²) >= 11 is 0. The largest absolute Gasteiger partial charge is 0.477 e. The first-order valence-electron chi connectivity index (χ1n) is 31.6. The predicted molar refractivity (Wildman–Crippen MR) is 306 cm³/mol. The number of rotatable bonds is 46. The average molecular weight is 1200 g/mol. The number of carbonyl (C=O) groups is 3. The molecule has 0 aromatic carbocycles. The van der Waals surface area contributed by atoms with Gasteiger partial charge in [0.1, 0.15) is 67.1 Å². The van der Waals surface area contributed by atoms with Gasteiger partial charge in [-0.3, -0.25) is 9.59 Å². The molecule has 0 aromatic heterocycles. The fourth-order valence-corrected chi connectivity index (χ4v) is 11.1. The number of carboxylic acids is 1. The fraction of sp³-hybridized carbons (Fsp3) is 0.917. The maximum atomic E-state index is 13.4.